The molecule has 0 bridgehead atoms. The summed E-state index contributed by atoms with van der Waals surface area (Å²) < 4.78 is 18.6. The number of rotatable bonds is 15. The Morgan fingerprint density at radius 1 is 1.03 bits per heavy atom. The second-order valence-electron chi connectivity index (χ2n) is 9.13. The minimum atomic E-state index is -1.32. The van der Waals surface area contributed by atoms with E-state index in [1.54, 1.807) is 36.4 Å². The van der Waals surface area contributed by atoms with Gasteiger partial charge in [0.2, 0.25) is 0 Å². The normalized spacial score (nSPS) is 12.1. The van der Waals surface area contributed by atoms with Crippen LogP contribution in [0.5, 0.6) is 5.75 Å². The summed E-state index contributed by atoms with van der Waals surface area (Å²) in [5.74, 6) is -0.348. The molecule has 37 heavy (non-hydrogen) atoms. The smallest absolute Gasteiger partial charge is 0.328 e. The summed E-state index contributed by atoms with van der Waals surface area (Å²) in [6.07, 6.45) is 10.4. The number of carboxylic acids is 1. The van der Waals surface area contributed by atoms with Crippen molar-refractivity contribution < 1.29 is 19.2 Å². The number of benzene rings is 2. The summed E-state index contributed by atoms with van der Waals surface area (Å²) in [5.41, 5.74) is 10.1. The number of pyridine rings is 1. The van der Waals surface area contributed by atoms with Crippen LogP contribution in [0.1, 0.15) is 61.0 Å². The SMILES string of the molecule is Cc1ccc(CCCCCCCCOc2ccc(C[S+]([O-])c3cccc(N)c3)nc2/C=C/C(=O)O)cc1. The Bertz CT molecular complexity index is 1160. The van der Waals surface area contributed by atoms with Crippen LogP contribution < -0.4 is 10.5 Å². The molecule has 0 saturated heterocycles. The van der Waals surface area contributed by atoms with E-state index >= 15 is 0 Å². The van der Waals surface area contributed by atoms with Crippen molar-refractivity contribution in [2.45, 2.75) is 62.5 Å². The number of hydrogen-bond donors (Lipinski definition) is 2. The Morgan fingerprint density at radius 2 is 1.76 bits per heavy atom. The van der Waals surface area contributed by atoms with Gasteiger partial charge in [-0.05, 0) is 73.3 Å². The molecule has 0 saturated carbocycles. The van der Waals surface area contributed by atoms with E-state index in [0.29, 0.717) is 34.3 Å². The highest BCUT2D eigenvalue weighted by molar-refractivity contribution is 7.90. The predicted molar refractivity (Wildman–Crippen MR) is 150 cm³/mol. The number of aromatic nitrogens is 1. The summed E-state index contributed by atoms with van der Waals surface area (Å²) in [5, 5.41) is 9.05. The van der Waals surface area contributed by atoms with E-state index in [1.807, 2.05) is 0 Å². The molecule has 0 aliphatic rings. The van der Waals surface area contributed by atoms with Crippen molar-refractivity contribution in [1.29, 1.82) is 0 Å². The molecule has 0 spiro atoms. The molecule has 0 aliphatic heterocycles. The van der Waals surface area contributed by atoms with Crippen LogP contribution in [0.15, 0.2) is 71.6 Å². The van der Waals surface area contributed by atoms with Gasteiger partial charge in [0.15, 0.2) is 10.6 Å². The van der Waals surface area contributed by atoms with Crippen molar-refractivity contribution in [3.63, 3.8) is 0 Å². The summed E-state index contributed by atoms with van der Waals surface area (Å²) in [6.45, 7) is 2.65. The largest absolute Gasteiger partial charge is 0.611 e. The van der Waals surface area contributed by atoms with Crippen molar-refractivity contribution in [3.05, 3.63) is 89.3 Å². The Hall–Kier alpha value is -3.29. The number of aryl methyl sites for hydroxylation is 2. The monoisotopic (exact) mass is 520 g/mol. The van der Waals surface area contributed by atoms with Gasteiger partial charge in [-0.1, -0.05) is 61.6 Å². The molecule has 3 rings (SSSR count). The second-order valence-corrected chi connectivity index (χ2v) is 10.6. The molecule has 1 heterocycles. The molecule has 1 aromatic heterocycles. The lowest BCUT2D eigenvalue weighted by molar-refractivity contribution is -0.131. The number of carbonyl (C=O) groups is 1. The molecule has 0 fully saturated rings. The fraction of sp³-hybridized carbons (Fsp3) is 0.333. The second kappa shape index (κ2) is 15.1. The molecular weight excluding hydrogens is 484 g/mol. The molecule has 0 amide bonds. The van der Waals surface area contributed by atoms with Crippen molar-refractivity contribution in [2.75, 3.05) is 12.3 Å². The lowest BCUT2D eigenvalue weighted by Crippen LogP contribution is -2.08. The number of hydrogen-bond acceptors (Lipinski definition) is 5. The van der Waals surface area contributed by atoms with Crippen LogP contribution in [0.3, 0.4) is 0 Å². The first-order valence-corrected chi connectivity index (χ1v) is 14.1. The zero-order chi connectivity index (χ0) is 26.5. The molecule has 196 valence electrons. The topological polar surface area (TPSA) is 109 Å². The average molecular weight is 521 g/mol. The van der Waals surface area contributed by atoms with Crippen LogP contribution in [0.4, 0.5) is 5.69 Å². The van der Waals surface area contributed by atoms with Crippen molar-refractivity contribution in [2.24, 2.45) is 0 Å². The van der Waals surface area contributed by atoms with Gasteiger partial charge in [-0.25, -0.2) is 9.78 Å². The number of carboxylic acid groups (broad SMARTS) is 1. The lowest BCUT2D eigenvalue weighted by atomic mass is 10.0. The van der Waals surface area contributed by atoms with Gasteiger partial charge in [-0.15, -0.1) is 0 Å². The van der Waals surface area contributed by atoms with E-state index in [0.717, 1.165) is 31.8 Å². The molecular formula is C30H36N2O4S. The molecule has 2 aromatic carbocycles. The minimum Gasteiger partial charge on any atom is -0.611 e. The van der Waals surface area contributed by atoms with E-state index in [9.17, 15) is 9.35 Å². The maximum absolute atomic E-state index is 12.7. The zero-order valence-electron chi connectivity index (χ0n) is 21.4. The quantitative estimate of drug-likeness (QED) is 0.105. The van der Waals surface area contributed by atoms with Gasteiger partial charge < -0.3 is 20.1 Å². The van der Waals surface area contributed by atoms with Crippen LogP contribution in [0.2, 0.25) is 0 Å². The van der Waals surface area contributed by atoms with Crippen LogP contribution in [-0.4, -0.2) is 27.2 Å². The van der Waals surface area contributed by atoms with Crippen LogP contribution in [-0.2, 0) is 28.1 Å². The molecule has 3 aromatic rings. The summed E-state index contributed by atoms with van der Waals surface area (Å²) in [7, 11) is 0. The first kappa shape index (κ1) is 28.3. The van der Waals surface area contributed by atoms with Crippen molar-refractivity contribution in [3.8, 4) is 5.75 Å². The molecule has 7 heteroatoms. The number of nitrogens with two attached hydrogens (primary N) is 1. The Balaban J connectivity index is 1.43. The highest BCUT2D eigenvalue weighted by Gasteiger charge is 2.15. The van der Waals surface area contributed by atoms with Gasteiger partial charge in [0.25, 0.3) is 0 Å². The summed E-state index contributed by atoms with van der Waals surface area (Å²) in [6, 6.07) is 19.3. The Kier molecular flexibility index (Phi) is 11.5. The fourth-order valence-electron chi connectivity index (χ4n) is 3.93. The highest BCUT2D eigenvalue weighted by Crippen LogP contribution is 2.23. The number of nitrogens with zero attached hydrogens (tertiary/aromatic N) is 1. The van der Waals surface area contributed by atoms with Gasteiger partial charge in [0.05, 0.1) is 12.3 Å². The standard InChI is InChI=1S/C30H36N2O4S/c1-23-12-14-24(15-13-23)9-6-4-2-3-5-7-20-36-29-18-16-26(32-28(29)17-19-30(33)34)22-37(35)27-11-8-10-25(31)21-27/h8,10-19,21H,2-7,9,20,22,31H2,1H3,(H,33,34)/b19-17+. The van der Waals surface area contributed by atoms with E-state index in [-0.39, 0.29) is 5.75 Å². The molecule has 1 unspecified atom stereocenters. The highest BCUT2D eigenvalue weighted by atomic mass is 32.2. The molecule has 6 nitrogen and oxygen atoms in total. The van der Waals surface area contributed by atoms with Crippen molar-refractivity contribution in [1.82, 2.24) is 4.98 Å². The molecule has 0 aliphatic carbocycles. The van der Waals surface area contributed by atoms with Gasteiger partial charge in [0, 0.05) is 17.8 Å². The molecule has 3 N–H and O–H groups in total. The molecule has 0 radical (unpaired) electrons. The van der Waals surface area contributed by atoms with Crippen LogP contribution >= 0.6 is 0 Å². The fourth-order valence-corrected chi connectivity index (χ4v) is 5.02. The third-order valence-electron chi connectivity index (χ3n) is 5.97. The number of anilines is 1. The van der Waals surface area contributed by atoms with Crippen LogP contribution in [0.25, 0.3) is 6.08 Å². The molecule has 1 atom stereocenters. The van der Waals surface area contributed by atoms with E-state index in [1.165, 1.54) is 36.5 Å². The zero-order valence-corrected chi connectivity index (χ0v) is 22.2. The predicted octanol–water partition coefficient (Wildman–Crippen LogP) is 6.34. The van der Waals surface area contributed by atoms with E-state index in [2.05, 4.69) is 36.2 Å². The third kappa shape index (κ3) is 10.3. The summed E-state index contributed by atoms with van der Waals surface area (Å²) in [4.78, 5) is 16.2. The van der Waals surface area contributed by atoms with Crippen molar-refractivity contribution >= 4 is 28.9 Å². The number of nitrogen functional groups attached to an aromatic ring is 1. The summed E-state index contributed by atoms with van der Waals surface area (Å²) >= 11 is -1.32. The van der Waals surface area contributed by atoms with E-state index < -0.39 is 17.1 Å². The Morgan fingerprint density at radius 3 is 2.49 bits per heavy atom. The number of ether oxygens (including phenoxy) is 1. The van der Waals surface area contributed by atoms with Crippen LogP contribution in [0, 0.1) is 6.92 Å². The third-order valence-corrected chi connectivity index (χ3v) is 7.30. The lowest BCUT2D eigenvalue weighted by Gasteiger charge is -2.13. The first-order valence-electron chi connectivity index (χ1n) is 12.7. The number of aliphatic carboxylic acids is 1. The van der Waals surface area contributed by atoms with Gasteiger partial charge in [-0.3, -0.25) is 0 Å². The average Bonchev–Trinajstić information content (AvgIpc) is 2.88. The maximum atomic E-state index is 12.7. The van der Waals surface area contributed by atoms with E-state index in [4.69, 9.17) is 15.6 Å². The minimum absolute atomic E-state index is 0.196. The Labute approximate surface area is 222 Å². The number of unbranched alkanes of at least 4 members (excludes halogenated alkanes) is 5. The van der Waals surface area contributed by atoms with Gasteiger partial charge in [0.1, 0.15) is 11.4 Å². The first-order chi connectivity index (χ1) is 17.9. The maximum Gasteiger partial charge on any atom is 0.328 e. The van der Waals surface area contributed by atoms with Gasteiger partial charge >= 0.3 is 5.97 Å². The van der Waals surface area contributed by atoms with Gasteiger partial charge in [-0.2, -0.15) is 0 Å².